The summed E-state index contributed by atoms with van der Waals surface area (Å²) >= 11 is 4.95. The Kier molecular flexibility index (Phi) is 8.41. The van der Waals surface area contributed by atoms with Crippen LogP contribution in [0, 0.1) is 5.92 Å². The number of ether oxygens (including phenoxy) is 1. The lowest BCUT2D eigenvalue weighted by atomic mass is 10.1. The van der Waals surface area contributed by atoms with Gasteiger partial charge in [-0.1, -0.05) is 40.0 Å². The maximum absolute atomic E-state index is 5.33. The van der Waals surface area contributed by atoms with Crippen LogP contribution in [0.3, 0.4) is 0 Å². The van der Waals surface area contributed by atoms with Crippen LogP contribution in [0.1, 0.15) is 52.9 Å². The van der Waals surface area contributed by atoms with E-state index in [0.717, 1.165) is 30.4 Å². The number of thiocarbonyl (C=S) groups is 1. The molecule has 0 saturated carbocycles. The highest BCUT2D eigenvalue weighted by molar-refractivity contribution is 7.80. The summed E-state index contributed by atoms with van der Waals surface area (Å²) in [4.78, 5) is 0. The number of hydrogen-bond donors (Lipinski definition) is 0. The summed E-state index contributed by atoms with van der Waals surface area (Å²) < 4.78 is 5.33. The fourth-order valence-electron chi connectivity index (χ4n) is 1.12. The van der Waals surface area contributed by atoms with E-state index in [0.29, 0.717) is 0 Å². The Balaban J connectivity index is 3.04. The Bertz CT molecular complexity index is 132. The van der Waals surface area contributed by atoms with Crippen molar-refractivity contribution in [3.8, 4) is 0 Å². The molecule has 0 fully saturated rings. The average molecular weight is 202 g/mol. The number of hydrogen-bond acceptors (Lipinski definition) is 2. The normalized spacial score (nSPS) is 10.5. The first-order chi connectivity index (χ1) is 6.16. The van der Waals surface area contributed by atoms with Gasteiger partial charge in [0.05, 0.1) is 6.61 Å². The molecule has 0 aliphatic heterocycles. The number of rotatable bonds is 7. The molecule has 0 saturated heterocycles. The van der Waals surface area contributed by atoms with E-state index in [1.54, 1.807) is 0 Å². The van der Waals surface area contributed by atoms with E-state index in [2.05, 4.69) is 13.8 Å². The third-order valence-electron chi connectivity index (χ3n) is 1.98. The van der Waals surface area contributed by atoms with E-state index in [-0.39, 0.29) is 0 Å². The Hall–Kier alpha value is -0.110. The molecule has 0 spiro atoms. The first-order valence-corrected chi connectivity index (χ1v) is 5.73. The molecule has 0 aromatic rings. The molecule has 0 aromatic heterocycles. The highest BCUT2D eigenvalue weighted by atomic mass is 32.1. The summed E-state index contributed by atoms with van der Waals surface area (Å²) in [5, 5.41) is 0.754. The van der Waals surface area contributed by atoms with Crippen LogP contribution in [0.4, 0.5) is 0 Å². The van der Waals surface area contributed by atoms with Crippen molar-refractivity contribution in [1.29, 1.82) is 0 Å². The first kappa shape index (κ1) is 12.9. The van der Waals surface area contributed by atoms with Crippen LogP contribution in [0.5, 0.6) is 0 Å². The Morgan fingerprint density at radius 1 is 1.23 bits per heavy atom. The van der Waals surface area contributed by atoms with Gasteiger partial charge in [0.15, 0.2) is 5.05 Å². The molecule has 0 aliphatic carbocycles. The second-order valence-electron chi connectivity index (χ2n) is 3.82. The van der Waals surface area contributed by atoms with Crippen molar-refractivity contribution in [2.45, 2.75) is 52.9 Å². The summed E-state index contributed by atoms with van der Waals surface area (Å²) in [6.07, 6.45) is 5.93. The summed E-state index contributed by atoms with van der Waals surface area (Å²) in [7, 11) is 0. The predicted molar refractivity (Wildman–Crippen MR) is 62.1 cm³/mol. The fraction of sp³-hybridized carbons (Fsp3) is 0.909. The van der Waals surface area contributed by atoms with Crippen molar-refractivity contribution < 1.29 is 4.74 Å². The van der Waals surface area contributed by atoms with E-state index in [1.165, 1.54) is 19.3 Å². The fourth-order valence-corrected chi connectivity index (χ4v) is 1.20. The molecule has 0 aliphatic rings. The minimum absolute atomic E-state index is 0.754. The quantitative estimate of drug-likeness (QED) is 0.456. The molecule has 0 rings (SSSR count). The molecule has 0 amide bonds. The lowest BCUT2D eigenvalue weighted by Gasteiger charge is -2.06. The van der Waals surface area contributed by atoms with Gasteiger partial charge in [0.25, 0.3) is 0 Å². The van der Waals surface area contributed by atoms with Gasteiger partial charge in [-0.15, -0.1) is 0 Å². The molecule has 78 valence electrons. The minimum Gasteiger partial charge on any atom is -0.487 e. The van der Waals surface area contributed by atoms with E-state index < -0.39 is 0 Å². The van der Waals surface area contributed by atoms with Gasteiger partial charge < -0.3 is 4.74 Å². The van der Waals surface area contributed by atoms with Crippen LogP contribution in [0.2, 0.25) is 0 Å². The Labute approximate surface area is 87.9 Å². The zero-order chi connectivity index (χ0) is 10.1. The molecular weight excluding hydrogens is 180 g/mol. The molecule has 0 heterocycles. The topological polar surface area (TPSA) is 9.23 Å². The largest absolute Gasteiger partial charge is 0.487 e. The monoisotopic (exact) mass is 202 g/mol. The van der Waals surface area contributed by atoms with Crippen molar-refractivity contribution in [3.63, 3.8) is 0 Å². The second kappa shape index (κ2) is 8.49. The van der Waals surface area contributed by atoms with Crippen molar-refractivity contribution in [1.82, 2.24) is 0 Å². The van der Waals surface area contributed by atoms with Gasteiger partial charge in [0.1, 0.15) is 0 Å². The molecule has 1 nitrogen and oxygen atoms in total. The highest BCUT2D eigenvalue weighted by Gasteiger charge is 1.95. The predicted octanol–water partition coefficient (Wildman–Crippen LogP) is 3.96. The van der Waals surface area contributed by atoms with Crippen LogP contribution in [0.25, 0.3) is 0 Å². The maximum Gasteiger partial charge on any atom is 0.159 e. The molecule has 13 heavy (non-hydrogen) atoms. The molecule has 0 atom stereocenters. The average Bonchev–Trinajstić information content (AvgIpc) is 2.10. The van der Waals surface area contributed by atoms with Crippen LogP contribution in [-0.2, 0) is 4.74 Å². The van der Waals surface area contributed by atoms with Crippen molar-refractivity contribution in [3.05, 3.63) is 0 Å². The van der Waals surface area contributed by atoms with Gasteiger partial charge >= 0.3 is 0 Å². The lowest BCUT2D eigenvalue weighted by Crippen LogP contribution is -2.01. The number of unbranched alkanes of at least 4 members (excludes halogenated alkanes) is 2. The molecule has 0 radical (unpaired) electrons. The van der Waals surface area contributed by atoms with Crippen LogP contribution in [-0.4, -0.2) is 11.7 Å². The van der Waals surface area contributed by atoms with E-state index in [9.17, 15) is 0 Å². The van der Waals surface area contributed by atoms with E-state index in [4.69, 9.17) is 17.0 Å². The molecule has 0 aromatic carbocycles. The Morgan fingerprint density at radius 3 is 2.46 bits per heavy atom. The summed E-state index contributed by atoms with van der Waals surface area (Å²) in [6.45, 7) is 7.37. The van der Waals surface area contributed by atoms with Crippen LogP contribution >= 0.6 is 12.2 Å². The molecule has 0 N–H and O–H groups in total. The zero-order valence-corrected chi connectivity index (χ0v) is 9.95. The third-order valence-corrected chi connectivity index (χ3v) is 2.38. The second-order valence-corrected chi connectivity index (χ2v) is 4.27. The van der Waals surface area contributed by atoms with Gasteiger partial charge in [-0.3, -0.25) is 0 Å². The first-order valence-electron chi connectivity index (χ1n) is 5.32. The maximum atomic E-state index is 5.33. The van der Waals surface area contributed by atoms with Gasteiger partial charge in [-0.2, -0.15) is 0 Å². The van der Waals surface area contributed by atoms with Gasteiger partial charge in [-0.25, -0.2) is 0 Å². The smallest absolute Gasteiger partial charge is 0.159 e. The van der Waals surface area contributed by atoms with Gasteiger partial charge in [0.2, 0.25) is 0 Å². The third kappa shape index (κ3) is 9.81. The van der Waals surface area contributed by atoms with Gasteiger partial charge in [-0.05, 0) is 24.6 Å². The lowest BCUT2D eigenvalue weighted by molar-refractivity contribution is 0.292. The SMILES string of the molecule is CCC(=S)OCCCCCC(C)C. The van der Waals surface area contributed by atoms with Crippen molar-refractivity contribution in [2.75, 3.05) is 6.61 Å². The van der Waals surface area contributed by atoms with Crippen LogP contribution in [0.15, 0.2) is 0 Å². The zero-order valence-electron chi connectivity index (χ0n) is 9.14. The minimum atomic E-state index is 0.754. The highest BCUT2D eigenvalue weighted by Crippen LogP contribution is 2.08. The van der Waals surface area contributed by atoms with Crippen molar-refractivity contribution >= 4 is 17.3 Å². The van der Waals surface area contributed by atoms with Gasteiger partial charge in [0, 0.05) is 6.42 Å². The molecular formula is C11H22OS. The molecule has 2 heteroatoms. The Morgan fingerprint density at radius 2 is 1.92 bits per heavy atom. The summed E-state index contributed by atoms with van der Waals surface area (Å²) in [5.41, 5.74) is 0. The van der Waals surface area contributed by atoms with Crippen molar-refractivity contribution in [2.24, 2.45) is 5.92 Å². The van der Waals surface area contributed by atoms with E-state index >= 15 is 0 Å². The molecule has 0 unspecified atom stereocenters. The summed E-state index contributed by atoms with van der Waals surface area (Å²) in [5.74, 6) is 0.831. The standard InChI is InChI=1S/C11H22OS/c1-4-11(13)12-9-7-5-6-8-10(2)3/h10H,4-9H2,1-3H3. The molecule has 0 bridgehead atoms. The van der Waals surface area contributed by atoms with Crippen LogP contribution < -0.4 is 0 Å². The summed E-state index contributed by atoms with van der Waals surface area (Å²) in [6, 6.07) is 0. The van der Waals surface area contributed by atoms with E-state index in [1.807, 2.05) is 6.92 Å².